The van der Waals surface area contributed by atoms with Gasteiger partial charge in [0.25, 0.3) is 5.91 Å². The Labute approximate surface area is 155 Å². The van der Waals surface area contributed by atoms with Gasteiger partial charge in [0.15, 0.2) is 0 Å². The summed E-state index contributed by atoms with van der Waals surface area (Å²) < 4.78 is 47.1. The van der Waals surface area contributed by atoms with E-state index in [1.54, 1.807) is 7.05 Å². The van der Waals surface area contributed by atoms with Gasteiger partial charge in [0.2, 0.25) is 10.0 Å². The SMILES string of the molecule is Cn1cc(S(=O)(=O)N2CCOCC2)cc1C(=O)Nc1ccc(Cl)cc1F. The third-order valence-electron chi connectivity index (χ3n) is 4.00. The van der Waals surface area contributed by atoms with Crippen LogP contribution in [-0.4, -0.2) is 49.5 Å². The van der Waals surface area contributed by atoms with Crippen LogP contribution in [0.5, 0.6) is 0 Å². The molecule has 7 nitrogen and oxygen atoms in total. The molecule has 26 heavy (non-hydrogen) atoms. The summed E-state index contributed by atoms with van der Waals surface area (Å²) in [6, 6.07) is 5.13. The van der Waals surface area contributed by atoms with E-state index in [2.05, 4.69) is 5.32 Å². The van der Waals surface area contributed by atoms with E-state index in [1.165, 1.54) is 33.3 Å². The lowest BCUT2D eigenvalue weighted by atomic mass is 10.3. The van der Waals surface area contributed by atoms with E-state index < -0.39 is 21.7 Å². The number of benzene rings is 1. The maximum atomic E-state index is 13.8. The molecular weight excluding hydrogens is 385 g/mol. The highest BCUT2D eigenvalue weighted by molar-refractivity contribution is 7.89. The van der Waals surface area contributed by atoms with Crippen molar-refractivity contribution in [2.45, 2.75) is 4.90 Å². The molecule has 3 rings (SSSR count). The molecule has 1 fully saturated rings. The molecule has 1 aromatic heterocycles. The number of carbonyl (C=O) groups excluding carboxylic acids is 1. The maximum absolute atomic E-state index is 13.8. The predicted molar refractivity (Wildman–Crippen MR) is 94.4 cm³/mol. The number of hydrogen-bond donors (Lipinski definition) is 1. The Hall–Kier alpha value is -1.94. The average molecular weight is 402 g/mol. The number of hydrogen-bond acceptors (Lipinski definition) is 4. The molecule has 1 aliphatic heterocycles. The first-order chi connectivity index (χ1) is 12.3. The van der Waals surface area contributed by atoms with Gasteiger partial charge in [-0.25, -0.2) is 12.8 Å². The Bertz CT molecular complexity index is 939. The Kier molecular flexibility index (Phi) is 5.33. The van der Waals surface area contributed by atoms with Gasteiger partial charge in [-0.05, 0) is 24.3 Å². The first-order valence-electron chi connectivity index (χ1n) is 7.80. The fourth-order valence-electron chi connectivity index (χ4n) is 2.61. The molecule has 1 amide bonds. The first kappa shape index (κ1) is 18.8. The standard InChI is InChI=1S/C16H17ClFN3O4S/c1-20-10-12(26(23,24)21-4-6-25-7-5-21)9-15(20)16(22)19-14-3-2-11(17)8-13(14)18/h2-3,8-10H,4-7H2,1H3,(H,19,22). The van der Waals surface area contributed by atoms with Crippen LogP contribution in [0, 0.1) is 5.82 Å². The number of nitrogens with zero attached hydrogens (tertiary/aromatic N) is 2. The zero-order chi connectivity index (χ0) is 18.9. The molecule has 1 saturated heterocycles. The molecule has 0 bridgehead atoms. The van der Waals surface area contributed by atoms with Crippen LogP contribution in [-0.2, 0) is 21.8 Å². The minimum absolute atomic E-state index is 0.00336. The zero-order valence-electron chi connectivity index (χ0n) is 13.9. The predicted octanol–water partition coefficient (Wildman–Crippen LogP) is 2.09. The number of aromatic nitrogens is 1. The quantitative estimate of drug-likeness (QED) is 0.850. The molecule has 0 unspecified atom stereocenters. The molecule has 0 atom stereocenters. The van der Waals surface area contributed by atoms with Crippen LogP contribution in [0.1, 0.15) is 10.5 Å². The van der Waals surface area contributed by atoms with E-state index in [1.807, 2.05) is 0 Å². The first-order valence-corrected chi connectivity index (χ1v) is 9.61. The number of amides is 1. The van der Waals surface area contributed by atoms with Crippen molar-refractivity contribution in [3.63, 3.8) is 0 Å². The van der Waals surface area contributed by atoms with Gasteiger partial charge in [-0.1, -0.05) is 11.6 Å². The topological polar surface area (TPSA) is 80.6 Å². The van der Waals surface area contributed by atoms with Crippen LogP contribution < -0.4 is 5.32 Å². The summed E-state index contributed by atoms with van der Waals surface area (Å²) in [4.78, 5) is 12.4. The largest absolute Gasteiger partial charge is 0.379 e. The second-order valence-electron chi connectivity index (χ2n) is 5.77. The van der Waals surface area contributed by atoms with Gasteiger partial charge in [0.05, 0.1) is 18.9 Å². The molecule has 1 aliphatic rings. The summed E-state index contributed by atoms with van der Waals surface area (Å²) in [5.74, 6) is -1.31. The van der Waals surface area contributed by atoms with Gasteiger partial charge in [-0.15, -0.1) is 0 Å². The average Bonchev–Trinajstić information content (AvgIpc) is 3.01. The monoisotopic (exact) mass is 401 g/mol. The number of nitrogens with one attached hydrogen (secondary N) is 1. The number of morpholine rings is 1. The normalized spacial score (nSPS) is 15.8. The fraction of sp³-hybridized carbons (Fsp3) is 0.312. The van der Waals surface area contributed by atoms with Crippen LogP contribution in [0.15, 0.2) is 35.4 Å². The lowest BCUT2D eigenvalue weighted by Gasteiger charge is -2.25. The highest BCUT2D eigenvalue weighted by Gasteiger charge is 2.29. The van der Waals surface area contributed by atoms with Gasteiger partial charge >= 0.3 is 0 Å². The molecule has 0 aliphatic carbocycles. The van der Waals surface area contributed by atoms with E-state index >= 15 is 0 Å². The van der Waals surface area contributed by atoms with Gasteiger partial charge in [0, 0.05) is 31.4 Å². The summed E-state index contributed by atoms with van der Waals surface area (Å²) >= 11 is 5.69. The Morgan fingerprint density at radius 2 is 1.96 bits per heavy atom. The van der Waals surface area contributed by atoms with Crippen molar-refractivity contribution in [1.29, 1.82) is 0 Å². The van der Waals surface area contributed by atoms with Crippen LogP contribution in [0.3, 0.4) is 0 Å². The molecule has 10 heteroatoms. The van der Waals surface area contributed by atoms with Crippen LogP contribution in [0.25, 0.3) is 0 Å². The highest BCUT2D eigenvalue weighted by atomic mass is 35.5. The molecule has 2 aromatic rings. The van der Waals surface area contributed by atoms with Gasteiger partial charge in [-0.3, -0.25) is 4.79 Å². The number of aryl methyl sites for hydroxylation is 1. The molecule has 0 saturated carbocycles. The molecule has 1 aromatic carbocycles. The molecular formula is C16H17ClFN3O4S. The number of ether oxygens (including phenoxy) is 1. The minimum Gasteiger partial charge on any atom is -0.379 e. The molecule has 0 radical (unpaired) electrons. The van der Waals surface area contributed by atoms with Crippen molar-refractivity contribution in [2.24, 2.45) is 7.05 Å². The maximum Gasteiger partial charge on any atom is 0.272 e. The van der Waals surface area contributed by atoms with Crippen molar-refractivity contribution >= 4 is 33.2 Å². The second kappa shape index (κ2) is 7.36. The third-order valence-corrected chi connectivity index (χ3v) is 6.10. The highest BCUT2D eigenvalue weighted by Crippen LogP contribution is 2.22. The van der Waals surface area contributed by atoms with E-state index in [4.69, 9.17) is 16.3 Å². The van der Waals surface area contributed by atoms with Crippen molar-refractivity contribution in [3.8, 4) is 0 Å². The van der Waals surface area contributed by atoms with Gasteiger partial charge in [-0.2, -0.15) is 4.31 Å². The van der Waals surface area contributed by atoms with E-state index in [-0.39, 0.29) is 34.4 Å². The summed E-state index contributed by atoms with van der Waals surface area (Å²) in [5.41, 5.74) is 0.0457. The summed E-state index contributed by atoms with van der Waals surface area (Å²) in [6.45, 7) is 1.17. The number of halogens is 2. The number of sulfonamides is 1. The summed E-state index contributed by atoms with van der Waals surface area (Å²) in [7, 11) is -2.18. The van der Waals surface area contributed by atoms with Crippen LogP contribution in [0.2, 0.25) is 5.02 Å². The lowest BCUT2D eigenvalue weighted by Crippen LogP contribution is -2.40. The number of carbonyl (C=O) groups is 1. The fourth-order valence-corrected chi connectivity index (χ4v) is 4.25. The van der Waals surface area contributed by atoms with Crippen LogP contribution in [0.4, 0.5) is 10.1 Å². The van der Waals surface area contributed by atoms with Crippen molar-refractivity contribution in [2.75, 3.05) is 31.6 Å². The van der Waals surface area contributed by atoms with E-state index in [9.17, 15) is 17.6 Å². The summed E-state index contributed by atoms with van der Waals surface area (Å²) in [6.07, 6.45) is 1.36. The van der Waals surface area contributed by atoms with Crippen molar-refractivity contribution in [1.82, 2.24) is 8.87 Å². The van der Waals surface area contributed by atoms with Crippen molar-refractivity contribution in [3.05, 3.63) is 47.0 Å². The Balaban J connectivity index is 1.84. The van der Waals surface area contributed by atoms with E-state index in [0.29, 0.717) is 13.2 Å². The van der Waals surface area contributed by atoms with Gasteiger partial charge < -0.3 is 14.6 Å². The van der Waals surface area contributed by atoms with Crippen molar-refractivity contribution < 1.29 is 22.3 Å². The summed E-state index contributed by atoms with van der Waals surface area (Å²) in [5, 5.41) is 2.62. The smallest absolute Gasteiger partial charge is 0.272 e. The second-order valence-corrected chi connectivity index (χ2v) is 8.14. The van der Waals surface area contributed by atoms with Gasteiger partial charge in [0.1, 0.15) is 16.4 Å². The molecule has 140 valence electrons. The number of anilines is 1. The number of rotatable bonds is 4. The Morgan fingerprint density at radius 1 is 1.27 bits per heavy atom. The lowest BCUT2D eigenvalue weighted by molar-refractivity contribution is 0.0730. The van der Waals surface area contributed by atoms with Crippen LogP contribution >= 0.6 is 11.6 Å². The zero-order valence-corrected chi connectivity index (χ0v) is 15.5. The van der Waals surface area contributed by atoms with E-state index in [0.717, 1.165) is 6.07 Å². The minimum atomic E-state index is -3.72. The molecule has 1 N–H and O–H groups in total. The third kappa shape index (κ3) is 3.75. The Morgan fingerprint density at radius 3 is 2.62 bits per heavy atom. The molecule has 2 heterocycles. The molecule has 0 spiro atoms.